The zero-order valence-electron chi connectivity index (χ0n) is 11.4. The van der Waals surface area contributed by atoms with Crippen LogP contribution in [0.3, 0.4) is 0 Å². The van der Waals surface area contributed by atoms with Crippen LogP contribution in [0.5, 0.6) is 0 Å². The van der Waals surface area contributed by atoms with E-state index in [2.05, 4.69) is 6.92 Å². The van der Waals surface area contributed by atoms with Gasteiger partial charge in [-0.05, 0) is 6.42 Å². The first kappa shape index (κ1) is 20.8. The van der Waals surface area contributed by atoms with Crippen molar-refractivity contribution in [2.24, 2.45) is 0 Å². The van der Waals surface area contributed by atoms with Crippen molar-refractivity contribution in [2.45, 2.75) is 26.1 Å². The number of ether oxygens (including phenoxy) is 2. The van der Waals surface area contributed by atoms with Crippen molar-refractivity contribution in [2.75, 3.05) is 26.4 Å². The molecule has 0 saturated carbocycles. The molecule has 0 bridgehead atoms. The molecule has 118 valence electrons. The van der Waals surface area contributed by atoms with Crippen LogP contribution in [0.25, 0.3) is 0 Å². The molecule has 0 rings (SSSR count). The molecule has 1 atom stereocenters. The van der Waals surface area contributed by atoms with Crippen molar-refractivity contribution in [3.63, 3.8) is 0 Å². The standard InChI is InChI=1S/C8H18O4.C4H4O4/c1-2-3-5-12-8(10)7-11-6-4-9;5-3(6)1-2-4(7)8/h8-10H,2-7H2,1H3;1-2H,(H,5,6)(H,7,8). The van der Waals surface area contributed by atoms with Crippen LogP contribution < -0.4 is 0 Å². The maximum absolute atomic E-state index is 9.55. The highest BCUT2D eigenvalue weighted by Gasteiger charge is 2.02. The maximum Gasteiger partial charge on any atom is 0.328 e. The van der Waals surface area contributed by atoms with Crippen molar-refractivity contribution in [1.29, 1.82) is 0 Å². The Hall–Kier alpha value is -1.48. The van der Waals surface area contributed by atoms with Gasteiger partial charge in [0.05, 0.1) is 19.8 Å². The Bertz CT molecular complexity index is 251. The Morgan fingerprint density at radius 2 is 1.70 bits per heavy atom. The van der Waals surface area contributed by atoms with Crippen LogP contribution in [0.15, 0.2) is 12.2 Å². The van der Waals surface area contributed by atoms with Crippen LogP contribution in [0.2, 0.25) is 0 Å². The lowest BCUT2D eigenvalue weighted by Crippen LogP contribution is -2.20. The van der Waals surface area contributed by atoms with Crippen LogP contribution in [-0.2, 0) is 19.1 Å². The number of carboxylic acids is 2. The number of carbonyl (C=O) groups is 2. The van der Waals surface area contributed by atoms with Crippen molar-refractivity contribution < 1.29 is 39.5 Å². The van der Waals surface area contributed by atoms with E-state index in [0.29, 0.717) is 18.8 Å². The lowest BCUT2D eigenvalue weighted by molar-refractivity contribution is -0.139. The Balaban J connectivity index is 0. The average molecular weight is 294 g/mol. The minimum absolute atomic E-state index is 0.0261. The third-order valence-electron chi connectivity index (χ3n) is 1.67. The van der Waals surface area contributed by atoms with Crippen molar-refractivity contribution in [3.05, 3.63) is 12.2 Å². The van der Waals surface area contributed by atoms with Crippen molar-refractivity contribution >= 4 is 11.9 Å². The smallest absolute Gasteiger partial charge is 0.328 e. The minimum Gasteiger partial charge on any atom is -0.478 e. The largest absolute Gasteiger partial charge is 0.478 e. The van der Waals surface area contributed by atoms with Gasteiger partial charge >= 0.3 is 11.9 Å². The summed E-state index contributed by atoms with van der Waals surface area (Å²) < 4.78 is 9.83. The van der Waals surface area contributed by atoms with Gasteiger partial charge in [0, 0.05) is 18.8 Å². The molecule has 4 N–H and O–H groups in total. The molecule has 0 spiro atoms. The normalized spacial score (nSPS) is 11.8. The summed E-state index contributed by atoms with van der Waals surface area (Å²) in [6, 6.07) is 0. The summed E-state index contributed by atoms with van der Waals surface area (Å²) in [7, 11) is 0. The van der Waals surface area contributed by atoms with E-state index in [0.717, 1.165) is 12.8 Å². The fourth-order valence-corrected chi connectivity index (χ4v) is 0.803. The van der Waals surface area contributed by atoms with Crippen LogP contribution in [0.4, 0.5) is 0 Å². The van der Waals surface area contributed by atoms with Gasteiger partial charge in [0.2, 0.25) is 0 Å². The molecule has 20 heavy (non-hydrogen) atoms. The number of unbranched alkanes of at least 4 members (excludes halogenated alkanes) is 1. The van der Waals surface area contributed by atoms with E-state index < -0.39 is 18.2 Å². The quantitative estimate of drug-likeness (QED) is 0.248. The van der Waals surface area contributed by atoms with Crippen LogP contribution in [0.1, 0.15) is 19.8 Å². The predicted octanol–water partition coefficient (Wildman–Crippen LogP) is -0.158. The summed E-state index contributed by atoms with van der Waals surface area (Å²) in [5, 5.41) is 33.0. The van der Waals surface area contributed by atoms with Gasteiger partial charge in [0.25, 0.3) is 0 Å². The summed E-state index contributed by atoms with van der Waals surface area (Å²) in [4.78, 5) is 19.1. The van der Waals surface area contributed by atoms with Crippen LogP contribution >= 0.6 is 0 Å². The average Bonchev–Trinajstić information content (AvgIpc) is 2.38. The molecule has 8 nitrogen and oxygen atoms in total. The Labute approximate surface area is 117 Å². The molecule has 0 aliphatic rings. The number of aliphatic carboxylic acids is 2. The number of rotatable bonds is 10. The number of aliphatic hydroxyl groups is 2. The zero-order chi connectivity index (χ0) is 15.8. The number of carboxylic acid groups (broad SMARTS) is 2. The van der Waals surface area contributed by atoms with E-state index in [4.69, 9.17) is 29.9 Å². The summed E-state index contributed by atoms with van der Waals surface area (Å²) >= 11 is 0. The summed E-state index contributed by atoms with van der Waals surface area (Å²) in [6.07, 6.45) is 2.24. The van der Waals surface area contributed by atoms with Crippen LogP contribution in [0, 0.1) is 0 Å². The summed E-state index contributed by atoms with van der Waals surface area (Å²) in [6.45, 7) is 2.96. The Kier molecular flexibility index (Phi) is 16.2. The van der Waals surface area contributed by atoms with Gasteiger partial charge in [-0.3, -0.25) is 0 Å². The SMILES string of the molecule is CCCCOC(O)COCCO.O=C(O)C=CC(=O)O. The zero-order valence-corrected chi connectivity index (χ0v) is 11.4. The highest BCUT2D eigenvalue weighted by molar-refractivity contribution is 5.89. The first-order chi connectivity index (χ1) is 9.43. The fraction of sp³-hybridized carbons (Fsp3) is 0.667. The molecule has 0 saturated heterocycles. The number of aliphatic hydroxyl groups excluding tert-OH is 2. The van der Waals surface area contributed by atoms with Gasteiger partial charge < -0.3 is 29.9 Å². The molecule has 0 fully saturated rings. The topological polar surface area (TPSA) is 134 Å². The Morgan fingerprint density at radius 3 is 2.10 bits per heavy atom. The minimum atomic E-state index is -1.26. The second kappa shape index (κ2) is 15.6. The third-order valence-corrected chi connectivity index (χ3v) is 1.67. The molecule has 0 radical (unpaired) electrons. The highest BCUT2D eigenvalue weighted by atomic mass is 16.6. The second-order valence-corrected chi connectivity index (χ2v) is 3.49. The predicted molar refractivity (Wildman–Crippen MR) is 69.2 cm³/mol. The van der Waals surface area contributed by atoms with E-state index in [9.17, 15) is 9.59 Å². The summed E-state index contributed by atoms with van der Waals surface area (Å²) in [5.41, 5.74) is 0. The van der Waals surface area contributed by atoms with Gasteiger partial charge in [-0.1, -0.05) is 13.3 Å². The van der Waals surface area contributed by atoms with Crippen molar-refractivity contribution in [3.8, 4) is 0 Å². The van der Waals surface area contributed by atoms with E-state index in [1.807, 2.05) is 0 Å². The molecule has 0 aliphatic heterocycles. The van der Waals surface area contributed by atoms with E-state index in [-0.39, 0.29) is 19.8 Å². The fourth-order valence-electron chi connectivity index (χ4n) is 0.803. The molecular formula is C12H22O8. The molecule has 0 aromatic heterocycles. The van der Waals surface area contributed by atoms with Gasteiger partial charge in [-0.25, -0.2) is 9.59 Å². The molecule has 0 amide bonds. The van der Waals surface area contributed by atoms with E-state index >= 15 is 0 Å². The lowest BCUT2D eigenvalue weighted by Gasteiger charge is -2.11. The molecule has 8 heteroatoms. The molecular weight excluding hydrogens is 272 g/mol. The molecule has 0 heterocycles. The molecule has 1 unspecified atom stereocenters. The lowest BCUT2D eigenvalue weighted by atomic mass is 10.4. The first-order valence-corrected chi connectivity index (χ1v) is 6.06. The first-order valence-electron chi connectivity index (χ1n) is 6.06. The Morgan fingerprint density at radius 1 is 1.15 bits per heavy atom. The van der Waals surface area contributed by atoms with Gasteiger partial charge in [0.1, 0.15) is 0 Å². The number of hydrogen-bond acceptors (Lipinski definition) is 6. The van der Waals surface area contributed by atoms with Gasteiger partial charge in [0.15, 0.2) is 6.29 Å². The highest BCUT2D eigenvalue weighted by Crippen LogP contribution is 1.93. The van der Waals surface area contributed by atoms with E-state index in [1.54, 1.807) is 0 Å². The van der Waals surface area contributed by atoms with E-state index in [1.165, 1.54) is 0 Å². The monoisotopic (exact) mass is 294 g/mol. The molecule has 0 aromatic carbocycles. The summed E-state index contributed by atoms with van der Waals surface area (Å²) in [5.74, 6) is -2.51. The molecule has 0 aliphatic carbocycles. The van der Waals surface area contributed by atoms with Gasteiger partial charge in [-0.2, -0.15) is 0 Å². The number of hydrogen-bond donors (Lipinski definition) is 4. The molecule has 0 aromatic rings. The third kappa shape index (κ3) is 21.8. The van der Waals surface area contributed by atoms with Crippen LogP contribution in [-0.4, -0.2) is 65.1 Å². The maximum atomic E-state index is 9.55. The van der Waals surface area contributed by atoms with Crippen molar-refractivity contribution in [1.82, 2.24) is 0 Å². The van der Waals surface area contributed by atoms with Gasteiger partial charge in [-0.15, -0.1) is 0 Å². The second-order valence-electron chi connectivity index (χ2n) is 3.49.